The lowest BCUT2D eigenvalue weighted by atomic mass is 10.0. The third-order valence-corrected chi connectivity index (χ3v) is 3.67. The average molecular weight is 302 g/mol. The summed E-state index contributed by atoms with van der Waals surface area (Å²) >= 11 is 6.14. The highest BCUT2D eigenvalue weighted by molar-refractivity contribution is 6.34. The number of halogens is 1. The van der Waals surface area contributed by atoms with E-state index in [4.69, 9.17) is 26.5 Å². The van der Waals surface area contributed by atoms with Crippen molar-refractivity contribution in [3.05, 3.63) is 64.9 Å². The molecule has 0 saturated heterocycles. The molecule has 2 aromatic carbocycles. The Labute approximate surface area is 128 Å². The standard InChI is InChI=1S/C17H16ClNO2/c1-2-20-14-9-4-3-7-12(14)16(19)15-10-11-6-5-8-13(18)17(11)21-15/h3-10,16H,2,19H2,1H3. The van der Waals surface area contributed by atoms with E-state index in [0.29, 0.717) is 23.0 Å². The minimum atomic E-state index is -0.392. The van der Waals surface area contributed by atoms with Crippen LogP contribution in [0.5, 0.6) is 5.75 Å². The number of ether oxygens (including phenoxy) is 1. The van der Waals surface area contributed by atoms with E-state index >= 15 is 0 Å². The molecule has 0 aliphatic carbocycles. The maximum absolute atomic E-state index is 6.34. The Morgan fingerprint density at radius 3 is 2.76 bits per heavy atom. The normalized spacial score (nSPS) is 12.5. The molecule has 3 aromatic rings. The number of furan rings is 1. The predicted molar refractivity (Wildman–Crippen MR) is 84.9 cm³/mol. The molecule has 0 aliphatic heterocycles. The van der Waals surface area contributed by atoms with E-state index in [-0.39, 0.29) is 0 Å². The first-order chi connectivity index (χ1) is 10.2. The summed E-state index contributed by atoms with van der Waals surface area (Å²) in [6.45, 7) is 2.54. The lowest BCUT2D eigenvalue weighted by Gasteiger charge is -2.14. The quantitative estimate of drug-likeness (QED) is 0.770. The molecule has 0 radical (unpaired) electrons. The second-order valence-corrected chi connectivity index (χ2v) is 5.16. The van der Waals surface area contributed by atoms with Gasteiger partial charge in [0.15, 0.2) is 5.58 Å². The van der Waals surface area contributed by atoms with Crippen molar-refractivity contribution in [3.63, 3.8) is 0 Å². The first-order valence-corrected chi connectivity index (χ1v) is 7.23. The summed E-state index contributed by atoms with van der Waals surface area (Å²) in [5.41, 5.74) is 7.91. The van der Waals surface area contributed by atoms with Crippen LogP contribution in [0.4, 0.5) is 0 Å². The molecule has 0 saturated carbocycles. The molecule has 4 heteroatoms. The smallest absolute Gasteiger partial charge is 0.152 e. The van der Waals surface area contributed by atoms with Crippen LogP contribution in [-0.4, -0.2) is 6.61 Å². The first kappa shape index (κ1) is 14.0. The van der Waals surface area contributed by atoms with E-state index in [2.05, 4.69) is 0 Å². The van der Waals surface area contributed by atoms with Crippen molar-refractivity contribution >= 4 is 22.6 Å². The zero-order valence-electron chi connectivity index (χ0n) is 11.7. The monoisotopic (exact) mass is 301 g/mol. The lowest BCUT2D eigenvalue weighted by Crippen LogP contribution is -2.12. The van der Waals surface area contributed by atoms with Crippen molar-refractivity contribution in [2.45, 2.75) is 13.0 Å². The van der Waals surface area contributed by atoms with Gasteiger partial charge in [-0.3, -0.25) is 0 Å². The van der Waals surface area contributed by atoms with E-state index in [0.717, 1.165) is 16.7 Å². The molecule has 1 unspecified atom stereocenters. The Kier molecular flexibility index (Phi) is 3.86. The fourth-order valence-corrected chi connectivity index (χ4v) is 2.60. The van der Waals surface area contributed by atoms with Crippen LogP contribution < -0.4 is 10.5 Å². The van der Waals surface area contributed by atoms with Gasteiger partial charge in [0.2, 0.25) is 0 Å². The van der Waals surface area contributed by atoms with Crippen molar-refractivity contribution in [3.8, 4) is 5.75 Å². The minimum absolute atomic E-state index is 0.392. The van der Waals surface area contributed by atoms with E-state index in [1.54, 1.807) is 6.07 Å². The highest BCUT2D eigenvalue weighted by Crippen LogP contribution is 2.33. The molecule has 108 valence electrons. The Bertz CT molecular complexity index is 766. The minimum Gasteiger partial charge on any atom is -0.494 e. The Balaban J connectivity index is 2.04. The molecule has 1 atom stereocenters. The second kappa shape index (κ2) is 5.80. The number of hydrogen-bond acceptors (Lipinski definition) is 3. The first-order valence-electron chi connectivity index (χ1n) is 6.86. The van der Waals surface area contributed by atoms with Gasteiger partial charge in [-0.2, -0.15) is 0 Å². The Morgan fingerprint density at radius 2 is 2.00 bits per heavy atom. The molecule has 1 heterocycles. The van der Waals surface area contributed by atoms with Crippen LogP contribution in [0.2, 0.25) is 5.02 Å². The zero-order chi connectivity index (χ0) is 14.8. The third-order valence-electron chi connectivity index (χ3n) is 3.38. The maximum Gasteiger partial charge on any atom is 0.152 e. The summed E-state index contributed by atoms with van der Waals surface area (Å²) in [5.74, 6) is 1.45. The molecule has 1 aromatic heterocycles. The molecular formula is C17H16ClNO2. The van der Waals surface area contributed by atoms with Crippen molar-refractivity contribution < 1.29 is 9.15 Å². The summed E-state index contributed by atoms with van der Waals surface area (Å²) in [6.07, 6.45) is 0. The average Bonchev–Trinajstić information content (AvgIpc) is 2.93. The molecule has 2 N–H and O–H groups in total. The summed E-state index contributed by atoms with van der Waals surface area (Å²) in [5, 5.41) is 1.53. The third kappa shape index (κ3) is 2.62. The molecule has 0 bridgehead atoms. The predicted octanol–water partition coefficient (Wildman–Crippen LogP) is 4.53. The number of hydrogen-bond donors (Lipinski definition) is 1. The van der Waals surface area contributed by atoms with Gasteiger partial charge in [-0.25, -0.2) is 0 Å². The van der Waals surface area contributed by atoms with Crippen LogP contribution in [0.15, 0.2) is 52.9 Å². The van der Waals surface area contributed by atoms with Gasteiger partial charge in [0.1, 0.15) is 11.5 Å². The molecule has 0 fully saturated rings. The number of para-hydroxylation sites is 2. The van der Waals surface area contributed by atoms with Crippen LogP contribution in [0, 0.1) is 0 Å². The topological polar surface area (TPSA) is 48.4 Å². The van der Waals surface area contributed by atoms with E-state index < -0.39 is 6.04 Å². The van der Waals surface area contributed by atoms with E-state index in [1.807, 2.05) is 49.4 Å². The summed E-state index contributed by atoms with van der Waals surface area (Å²) < 4.78 is 11.5. The maximum atomic E-state index is 6.34. The molecule has 3 nitrogen and oxygen atoms in total. The van der Waals surface area contributed by atoms with Crippen LogP contribution in [0.25, 0.3) is 11.0 Å². The van der Waals surface area contributed by atoms with Gasteiger partial charge < -0.3 is 14.9 Å². The van der Waals surface area contributed by atoms with Crippen molar-refractivity contribution in [2.75, 3.05) is 6.61 Å². The Hall–Kier alpha value is -1.97. The van der Waals surface area contributed by atoms with Gasteiger partial charge in [-0.1, -0.05) is 41.9 Å². The highest BCUT2D eigenvalue weighted by atomic mass is 35.5. The molecular weight excluding hydrogens is 286 g/mol. The largest absolute Gasteiger partial charge is 0.494 e. The van der Waals surface area contributed by atoms with Crippen LogP contribution in [-0.2, 0) is 0 Å². The van der Waals surface area contributed by atoms with Gasteiger partial charge in [0, 0.05) is 10.9 Å². The zero-order valence-corrected chi connectivity index (χ0v) is 12.4. The van der Waals surface area contributed by atoms with Crippen LogP contribution in [0.3, 0.4) is 0 Å². The van der Waals surface area contributed by atoms with Crippen LogP contribution in [0.1, 0.15) is 24.3 Å². The molecule has 0 amide bonds. The number of nitrogens with two attached hydrogens (primary N) is 1. The van der Waals surface area contributed by atoms with Crippen molar-refractivity contribution in [1.29, 1.82) is 0 Å². The molecule has 0 aliphatic rings. The fourth-order valence-electron chi connectivity index (χ4n) is 2.38. The SMILES string of the molecule is CCOc1ccccc1C(N)c1cc2cccc(Cl)c2o1. The van der Waals surface area contributed by atoms with Gasteiger partial charge >= 0.3 is 0 Å². The highest BCUT2D eigenvalue weighted by Gasteiger charge is 2.18. The molecule has 0 spiro atoms. The van der Waals surface area contributed by atoms with Crippen molar-refractivity contribution in [1.82, 2.24) is 0 Å². The fraction of sp³-hybridized carbons (Fsp3) is 0.176. The number of fused-ring (bicyclic) bond motifs is 1. The molecule has 3 rings (SSSR count). The lowest BCUT2D eigenvalue weighted by molar-refractivity contribution is 0.334. The van der Waals surface area contributed by atoms with Crippen LogP contribution >= 0.6 is 11.6 Å². The van der Waals surface area contributed by atoms with Gasteiger partial charge in [-0.05, 0) is 25.1 Å². The second-order valence-electron chi connectivity index (χ2n) is 4.76. The summed E-state index contributed by atoms with van der Waals surface area (Å²) in [4.78, 5) is 0. The summed E-state index contributed by atoms with van der Waals surface area (Å²) in [6, 6.07) is 14.9. The molecule has 21 heavy (non-hydrogen) atoms. The number of benzene rings is 2. The van der Waals surface area contributed by atoms with Gasteiger partial charge in [0.25, 0.3) is 0 Å². The summed E-state index contributed by atoms with van der Waals surface area (Å²) in [7, 11) is 0. The van der Waals surface area contributed by atoms with E-state index in [9.17, 15) is 0 Å². The van der Waals surface area contributed by atoms with Gasteiger partial charge in [0.05, 0.1) is 17.7 Å². The van der Waals surface area contributed by atoms with E-state index in [1.165, 1.54) is 0 Å². The van der Waals surface area contributed by atoms with Crippen molar-refractivity contribution in [2.24, 2.45) is 5.73 Å². The number of rotatable bonds is 4. The van der Waals surface area contributed by atoms with Gasteiger partial charge in [-0.15, -0.1) is 0 Å². The Morgan fingerprint density at radius 1 is 1.19 bits per heavy atom.